The molecule has 3 aromatic carbocycles. The van der Waals surface area contributed by atoms with Crippen LogP contribution in [0.3, 0.4) is 0 Å². The fraction of sp³-hybridized carbons (Fsp3) is 0.240. The van der Waals surface area contributed by atoms with Crippen molar-refractivity contribution in [3.63, 3.8) is 0 Å². The maximum absolute atomic E-state index is 13.3. The van der Waals surface area contributed by atoms with E-state index in [1.807, 2.05) is 78.9 Å². The van der Waals surface area contributed by atoms with E-state index in [-0.39, 0.29) is 5.91 Å². The van der Waals surface area contributed by atoms with Crippen LogP contribution in [0, 0.1) is 0 Å². The number of hydrogen-bond acceptors (Lipinski definition) is 4. The highest BCUT2D eigenvalue weighted by molar-refractivity contribution is 7.99. The van der Waals surface area contributed by atoms with E-state index >= 15 is 0 Å². The maximum Gasteiger partial charge on any atom is 0.235 e. The number of nitrogens with one attached hydrogen (secondary N) is 1. The quantitative estimate of drug-likeness (QED) is 0.570. The standard InChI is InChI=1S/C25H25NO3S/c1-28-21-9-13-23(14-10-21)30-22-11-7-20(8-12-22)26-24(27)25(15-17-29-18-16-25)19-5-3-2-4-6-19/h2-14H,15-18H2,1H3,(H,26,27). The molecule has 1 aliphatic heterocycles. The van der Waals surface area contributed by atoms with Crippen LogP contribution in [0.4, 0.5) is 5.69 Å². The van der Waals surface area contributed by atoms with Crippen molar-refractivity contribution in [2.75, 3.05) is 25.6 Å². The van der Waals surface area contributed by atoms with Crippen LogP contribution in [0.5, 0.6) is 5.75 Å². The molecule has 1 heterocycles. The van der Waals surface area contributed by atoms with Crippen LogP contribution >= 0.6 is 11.8 Å². The van der Waals surface area contributed by atoms with Gasteiger partial charge in [-0.25, -0.2) is 0 Å². The number of amides is 1. The van der Waals surface area contributed by atoms with Gasteiger partial charge in [-0.15, -0.1) is 0 Å². The molecule has 1 N–H and O–H groups in total. The molecule has 0 unspecified atom stereocenters. The molecule has 0 aromatic heterocycles. The molecule has 0 saturated carbocycles. The Balaban J connectivity index is 1.47. The van der Waals surface area contributed by atoms with Crippen molar-refractivity contribution in [2.45, 2.75) is 28.0 Å². The third-order valence-corrected chi connectivity index (χ3v) is 6.53. The molecule has 0 bridgehead atoms. The van der Waals surface area contributed by atoms with Crippen LogP contribution < -0.4 is 10.1 Å². The van der Waals surface area contributed by atoms with Crippen molar-refractivity contribution >= 4 is 23.4 Å². The third-order valence-electron chi connectivity index (χ3n) is 5.51. The minimum absolute atomic E-state index is 0.0348. The van der Waals surface area contributed by atoms with Crippen molar-refractivity contribution in [3.05, 3.63) is 84.4 Å². The van der Waals surface area contributed by atoms with E-state index in [9.17, 15) is 4.79 Å². The van der Waals surface area contributed by atoms with E-state index in [2.05, 4.69) is 5.32 Å². The second-order valence-electron chi connectivity index (χ2n) is 7.32. The van der Waals surface area contributed by atoms with Crippen LogP contribution in [0.25, 0.3) is 0 Å². The molecule has 1 fully saturated rings. The first-order valence-corrected chi connectivity index (χ1v) is 10.9. The Morgan fingerprint density at radius 1 is 0.900 bits per heavy atom. The molecule has 0 atom stereocenters. The molecule has 30 heavy (non-hydrogen) atoms. The predicted molar refractivity (Wildman–Crippen MR) is 120 cm³/mol. The first-order chi connectivity index (χ1) is 14.7. The number of rotatable bonds is 6. The summed E-state index contributed by atoms with van der Waals surface area (Å²) < 4.78 is 10.7. The molecule has 0 radical (unpaired) electrons. The summed E-state index contributed by atoms with van der Waals surface area (Å²) in [6.07, 6.45) is 1.38. The summed E-state index contributed by atoms with van der Waals surface area (Å²) in [6, 6.07) is 26.0. The van der Waals surface area contributed by atoms with Crippen molar-refractivity contribution in [1.82, 2.24) is 0 Å². The lowest BCUT2D eigenvalue weighted by Gasteiger charge is -2.36. The first kappa shape index (κ1) is 20.5. The molecule has 3 aromatic rings. The summed E-state index contributed by atoms with van der Waals surface area (Å²) in [7, 11) is 1.66. The van der Waals surface area contributed by atoms with Crippen molar-refractivity contribution < 1.29 is 14.3 Å². The Kier molecular flexibility index (Phi) is 6.41. The fourth-order valence-electron chi connectivity index (χ4n) is 3.76. The Hall–Kier alpha value is -2.76. The van der Waals surface area contributed by atoms with Gasteiger partial charge in [-0.3, -0.25) is 4.79 Å². The lowest BCUT2D eigenvalue weighted by molar-refractivity contribution is -0.125. The van der Waals surface area contributed by atoms with Gasteiger partial charge in [0.25, 0.3) is 0 Å². The van der Waals surface area contributed by atoms with E-state index in [4.69, 9.17) is 9.47 Å². The molecule has 0 aliphatic carbocycles. The second-order valence-corrected chi connectivity index (χ2v) is 8.46. The number of carbonyl (C=O) groups is 1. The molecule has 4 rings (SSSR count). The summed E-state index contributed by atoms with van der Waals surface area (Å²) in [5, 5.41) is 3.14. The van der Waals surface area contributed by atoms with Gasteiger partial charge in [-0.05, 0) is 66.9 Å². The van der Waals surface area contributed by atoms with E-state index in [1.54, 1.807) is 18.9 Å². The Morgan fingerprint density at radius 2 is 1.50 bits per heavy atom. The Bertz CT molecular complexity index is 966. The molecule has 0 spiro atoms. The zero-order chi connectivity index (χ0) is 20.8. The van der Waals surface area contributed by atoms with Crippen molar-refractivity contribution in [1.29, 1.82) is 0 Å². The van der Waals surface area contributed by atoms with Crippen LogP contribution in [0.1, 0.15) is 18.4 Å². The number of methoxy groups -OCH3 is 1. The van der Waals surface area contributed by atoms with Gasteiger partial charge in [0.15, 0.2) is 0 Å². The van der Waals surface area contributed by atoms with Crippen LogP contribution in [0.2, 0.25) is 0 Å². The normalized spacial score (nSPS) is 15.4. The van der Waals surface area contributed by atoms with Gasteiger partial charge in [-0.1, -0.05) is 42.1 Å². The van der Waals surface area contributed by atoms with Gasteiger partial charge in [-0.2, -0.15) is 0 Å². The highest BCUT2D eigenvalue weighted by Gasteiger charge is 2.41. The van der Waals surface area contributed by atoms with Crippen LogP contribution in [-0.4, -0.2) is 26.2 Å². The second kappa shape index (κ2) is 9.37. The average Bonchev–Trinajstić information content (AvgIpc) is 2.82. The Morgan fingerprint density at radius 3 is 2.10 bits per heavy atom. The largest absolute Gasteiger partial charge is 0.497 e. The van der Waals surface area contributed by atoms with Crippen LogP contribution in [0.15, 0.2) is 88.7 Å². The van der Waals surface area contributed by atoms with Gasteiger partial charge in [0.05, 0.1) is 12.5 Å². The van der Waals surface area contributed by atoms with Crippen LogP contribution in [-0.2, 0) is 14.9 Å². The van der Waals surface area contributed by atoms with E-state index < -0.39 is 5.41 Å². The number of anilines is 1. The predicted octanol–water partition coefficient (Wildman–Crippen LogP) is 5.53. The Labute approximate surface area is 181 Å². The smallest absolute Gasteiger partial charge is 0.235 e. The highest BCUT2D eigenvalue weighted by Crippen LogP contribution is 2.36. The number of hydrogen-bond donors (Lipinski definition) is 1. The van der Waals surface area contributed by atoms with Crippen molar-refractivity contribution in [2.24, 2.45) is 0 Å². The number of ether oxygens (including phenoxy) is 2. The molecule has 1 aliphatic rings. The SMILES string of the molecule is COc1ccc(Sc2ccc(NC(=O)C3(c4ccccc4)CCOCC3)cc2)cc1. The molecule has 5 heteroatoms. The van der Waals surface area contributed by atoms with E-state index in [1.165, 1.54) is 0 Å². The number of carbonyl (C=O) groups excluding carboxylic acids is 1. The van der Waals surface area contributed by atoms with Gasteiger partial charge < -0.3 is 14.8 Å². The minimum atomic E-state index is -0.546. The van der Waals surface area contributed by atoms with E-state index in [0.29, 0.717) is 26.1 Å². The fourth-order valence-corrected chi connectivity index (χ4v) is 4.58. The van der Waals surface area contributed by atoms with E-state index in [0.717, 1.165) is 26.8 Å². The summed E-state index contributed by atoms with van der Waals surface area (Å²) in [4.78, 5) is 15.6. The summed E-state index contributed by atoms with van der Waals surface area (Å²) in [5.41, 5.74) is 1.31. The molecule has 4 nitrogen and oxygen atoms in total. The zero-order valence-corrected chi connectivity index (χ0v) is 17.8. The lowest BCUT2D eigenvalue weighted by Crippen LogP contribution is -2.44. The van der Waals surface area contributed by atoms with Gasteiger partial charge >= 0.3 is 0 Å². The molecule has 1 amide bonds. The highest BCUT2D eigenvalue weighted by atomic mass is 32.2. The molecule has 154 valence electrons. The topological polar surface area (TPSA) is 47.6 Å². The van der Waals surface area contributed by atoms with Crippen molar-refractivity contribution in [3.8, 4) is 5.75 Å². The molecular weight excluding hydrogens is 394 g/mol. The maximum atomic E-state index is 13.3. The molecule has 1 saturated heterocycles. The summed E-state index contributed by atoms with van der Waals surface area (Å²) in [6.45, 7) is 1.19. The summed E-state index contributed by atoms with van der Waals surface area (Å²) >= 11 is 1.67. The molecular formula is C25H25NO3S. The average molecular weight is 420 g/mol. The third kappa shape index (κ3) is 4.53. The zero-order valence-electron chi connectivity index (χ0n) is 17.0. The minimum Gasteiger partial charge on any atom is -0.497 e. The van der Waals surface area contributed by atoms with Gasteiger partial charge in [0.2, 0.25) is 5.91 Å². The summed E-state index contributed by atoms with van der Waals surface area (Å²) in [5.74, 6) is 0.880. The first-order valence-electron chi connectivity index (χ1n) is 10.1. The monoisotopic (exact) mass is 419 g/mol. The van der Waals surface area contributed by atoms with Gasteiger partial charge in [0, 0.05) is 28.7 Å². The number of benzene rings is 3. The van der Waals surface area contributed by atoms with Gasteiger partial charge in [0.1, 0.15) is 5.75 Å². The lowest BCUT2D eigenvalue weighted by atomic mass is 9.73.